The molecule has 1 unspecified atom stereocenters. The third kappa shape index (κ3) is 3.73. The first-order valence-electron chi connectivity index (χ1n) is 7.29. The molecule has 0 saturated carbocycles. The van der Waals surface area contributed by atoms with Crippen LogP contribution in [0.5, 0.6) is 5.75 Å². The predicted octanol–water partition coefficient (Wildman–Crippen LogP) is 2.34. The van der Waals surface area contributed by atoms with Gasteiger partial charge in [0.25, 0.3) is 5.91 Å². The molecule has 1 aliphatic rings. The summed E-state index contributed by atoms with van der Waals surface area (Å²) in [6, 6.07) is 4.47. The Balaban J connectivity index is 1.97. The van der Waals surface area contributed by atoms with Crippen molar-refractivity contribution in [1.82, 2.24) is 10.6 Å². The Morgan fingerprint density at radius 3 is 2.90 bits per heavy atom. The normalized spacial score (nSPS) is 20.9. The van der Waals surface area contributed by atoms with Gasteiger partial charge in [-0.2, -0.15) is 0 Å². The summed E-state index contributed by atoms with van der Waals surface area (Å²) in [5.41, 5.74) is 0.457. The van der Waals surface area contributed by atoms with E-state index in [1.165, 1.54) is 19.2 Å². The second kappa shape index (κ2) is 6.43. The molecule has 4 nitrogen and oxygen atoms in total. The van der Waals surface area contributed by atoms with Gasteiger partial charge in [0.1, 0.15) is 0 Å². The van der Waals surface area contributed by atoms with Gasteiger partial charge in [0.2, 0.25) is 0 Å². The van der Waals surface area contributed by atoms with E-state index in [0.29, 0.717) is 12.1 Å². The number of carbonyl (C=O) groups is 1. The summed E-state index contributed by atoms with van der Waals surface area (Å²) in [6.45, 7) is 5.91. The van der Waals surface area contributed by atoms with Gasteiger partial charge in [0.05, 0.1) is 7.11 Å². The fraction of sp³-hybridized carbons (Fsp3) is 0.562. The maximum atomic E-state index is 13.6. The monoisotopic (exact) mass is 294 g/mol. The zero-order valence-corrected chi connectivity index (χ0v) is 12.8. The average molecular weight is 294 g/mol. The Bertz CT molecular complexity index is 517. The molecule has 2 N–H and O–H groups in total. The number of carbonyl (C=O) groups excluding carboxylic acids is 1. The number of ether oxygens (including phenoxy) is 1. The predicted molar refractivity (Wildman–Crippen MR) is 80.1 cm³/mol. The van der Waals surface area contributed by atoms with E-state index in [1.54, 1.807) is 6.07 Å². The lowest BCUT2D eigenvalue weighted by atomic mass is 9.77. The molecular weight excluding hydrogens is 271 g/mol. The van der Waals surface area contributed by atoms with Crippen LogP contribution in [0.4, 0.5) is 4.39 Å². The van der Waals surface area contributed by atoms with Gasteiger partial charge in [-0.3, -0.25) is 4.79 Å². The number of methoxy groups -OCH3 is 1. The molecule has 1 aromatic carbocycles. The largest absolute Gasteiger partial charge is 0.494 e. The Kier molecular flexibility index (Phi) is 4.83. The van der Waals surface area contributed by atoms with Crippen molar-refractivity contribution >= 4 is 5.91 Å². The molecule has 0 radical (unpaired) electrons. The quantitative estimate of drug-likeness (QED) is 0.896. The highest BCUT2D eigenvalue weighted by Gasteiger charge is 2.32. The summed E-state index contributed by atoms with van der Waals surface area (Å²) in [6.07, 6.45) is 2.29. The first-order valence-corrected chi connectivity index (χ1v) is 7.29. The molecule has 5 heteroatoms. The van der Waals surface area contributed by atoms with Crippen molar-refractivity contribution < 1.29 is 13.9 Å². The van der Waals surface area contributed by atoms with Crippen molar-refractivity contribution in [2.24, 2.45) is 5.41 Å². The smallest absolute Gasteiger partial charge is 0.251 e. The van der Waals surface area contributed by atoms with E-state index in [9.17, 15) is 9.18 Å². The maximum Gasteiger partial charge on any atom is 0.251 e. The first kappa shape index (κ1) is 15.8. The van der Waals surface area contributed by atoms with E-state index in [2.05, 4.69) is 24.5 Å². The van der Waals surface area contributed by atoms with Crippen LogP contribution in [-0.4, -0.2) is 32.1 Å². The Labute approximate surface area is 125 Å². The number of hydrogen-bond donors (Lipinski definition) is 2. The highest BCUT2D eigenvalue weighted by atomic mass is 19.1. The molecule has 2 rings (SSSR count). The fourth-order valence-electron chi connectivity index (χ4n) is 2.72. The SMILES string of the molecule is COc1ccc(C(=O)NCC2NCCCC2(C)C)cc1F. The van der Waals surface area contributed by atoms with E-state index in [-0.39, 0.29) is 23.1 Å². The van der Waals surface area contributed by atoms with Crippen LogP contribution in [-0.2, 0) is 0 Å². The molecule has 116 valence electrons. The van der Waals surface area contributed by atoms with Crippen molar-refractivity contribution in [3.05, 3.63) is 29.6 Å². The van der Waals surface area contributed by atoms with Gasteiger partial charge in [-0.25, -0.2) is 4.39 Å². The van der Waals surface area contributed by atoms with Gasteiger partial charge >= 0.3 is 0 Å². The summed E-state index contributed by atoms with van der Waals surface area (Å²) in [5.74, 6) is -0.650. The van der Waals surface area contributed by atoms with E-state index in [1.807, 2.05) is 0 Å². The molecular formula is C16H23FN2O2. The standard InChI is InChI=1S/C16H23FN2O2/c1-16(2)7-4-8-18-14(16)10-19-15(20)11-5-6-13(21-3)12(17)9-11/h5-6,9,14,18H,4,7-8,10H2,1-3H3,(H,19,20). The van der Waals surface area contributed by atoms with E-state index in [0.717, 1.165) is 19.4 Å². The zero-order valence-electron chi connectivity index (χ0n) is 12.8. The molecule has 1 amide bonds. The lowest BCUT2D eigenvalue weighted by molar-refractivity contribution is 0.0928. The van der Waals surface area contributed by atoms with Crippen LogP contribution in [0.2, 0.25) is 0 Å². The van der Waals surface area contributed by atoms with Crippen molar-refractivity contribution in [2.45, 2.75) is 32.7 Å². The van der Waals surface area contributed by atoms with Crippen LogP contribution >= 0.6 is 0 Å². The van der Waals surface area contributed by atoms with Gasteiger partial charge in [0.15, 0.2) is 11.6 Å². The van der Waals surface area contributed by atoms with Gasteiger partial charge in [0, 0.05) is 18.2 Å². The topological polar surface area (TPSA) is 50.4 Å². The minimum absolute atomic E-state index is 0.140. The average Bonchev–Trinajstić information content (AvgIpc) is 2.45. The summed E-state index contributed by atoms with van der Waals surface area (Å²) >= 11 is 0. The lowest BCUT2D eigenvalue weighted by Gasteiger charge is -2.39. The molecule has 0 bridgehead atoms. The van der Waals surface area contributed by atoms with Gasteiger partial charge in [-0.1, -0.05) is 13.8 Å². The minimum Gasteiger partial charge on any atom is -0.494 e. The summed E-state index contributed by atoms with van der Waals surface area (Å²) < 4.78 is 18.5. The molecule has 0 spiro atoms. The molecule has 1 atom stereocenters. The number of benzene rings is 1. The maximum absolute atomic E-state index is 13.6. The highest BCUT2D eigenvalue weighted by molar-refractivity contribution is 5.94. The van der Waals surface area contributed by atoms with Crippen LogP contribution in [0.1, 0.15) is 37.0 Å². The summed E-state index contributed by atoms with van der Waals surface area (Å²) in [5, 5.41) is 6.32. The van der Waals surface area contributed by atoms with Crippen molar-refractivity contribution in [1.29, 1.82) is 0 Å². The minimum atomic E-state index is -0.527. The Morgan fingerprint density at radius 2 is 2.29 bits per heavy atom. The number of amides is 1. The van der Waals surface area contributed by atoms with Gasteiger partial charge in [-0.15, -0.1) is 0 Å². The lowest BCUT2D eigenvalue weighted by Crippen LogP contribution is -2.52. The molecule has 1 aromatic rings. The van der Waals surface area contributed by atoms with Crippen LogP contribution < -0.4 is 15.4 Å². The highest BCUT2D eigenvalue weighted by Crippen LogP contribution is 2.29. The summed E-state index contributed by atoms with van der Waals surface area (Å²) in [7, 11) is 1.40. The second-order valence-electron chi connectivity index (χ2n) is 6.16. The van der Waals surface area contributed by atoms with Crippen LogP contribution in [0.3, 0.4) is 0 Å². The van der Waals surface area contributed by atoms with Crippen molar-refractivity contribution in [3.8, 4) is 5.75 Å². The van der Waals surface area contributed by atoms with Crippen LogP contribution in [0.15, 0.2) is 18.2 Å². The molecule has 21 heavy (non-hydrogen) atoms. The Morgan fingerprint density at radius 1 is 1.52 bits per heavy atom. The number of nitrogens with one attached hydrogen (secondary N) is 2. The third-order valence-electron chi connectivity index (χ3n) is 4.21. The zero-order chi connectivity index (χ0) is 15.5. The summed E-state index contributed by atoms with van der Waals surface area (Å²) in [4.78, 5) is 12.1. The molecule has 0 aliphatic carbocycles. The third-order valence-corrected chi connectivity index (χ3v) is 4.21. The number of piperidine rings is 1. The van der Waals surface area contributed by atoms with Gasteiger partial charge in [-0.05, 0) is 43.0 Å². The van der Waals surface area contributed by atoms with Gasteiger partial charge < -0.3 is 15.4 Å². The van der Waals surface area contributed by atoms with Crippen molar-refractivity contribution in [3.63, 3.8) is 0 Å². The molecule has 0 aromatic heterocycles. The first-order chi connectivity index (χ1) is 9.94. The van der Waals surface area contributed by atoms with Crippen LogP contribution in [0.25, 0.3) is 0 Å². The fourth-order valence-corrected chi connectivity index (χ4v) is 2.72. The molecule has 1 heterocycles. The Hall–Kier alpha value is -1.62. The number of hydrogen-bond acceptors (Lipinski definition) is 3. The molecule has 1 aliphatic heterocycles. The number of rotatable bonds is 4. The second-order valence-corrected chi connectivity index (χ2v) is 6.16. The molecule has 1 fully saturated rings. The van der Waals surface area contributed by atoms with E-state index >= 15 is 0 Å². The van der Waals surface area contributed by atoms with Crippen LogP contribution in [0, 0.1) is 11.2 Å². The number of halogens is 1. The van der Waals surface area contributed by atoms with E-state index in [4.69, 9.17) is 4.74 Å². The molecule has 1 saturated heterocycles. The van der Waals surface area contributed by atoms with Crippen molar-refractivity contribution in [2.75, 3.05) is 20.2 Å². The van der Waals surface area contributed by atoms with E-state index < -0.39 is 5.82 Å².